The summed E-state index contributed by atoms with van der Waals surface area (Å²) >= 11 is 5.84. The number of hydrogen-bond donors (Lipinski definition) is 1. The predicted octanol–water partition coefficient (Wildman–Crippen LogP) is 5.13. The van der Waals surface area contributed by atoms with E-state index in [0.29, 0.717) is 6.04 Å². The minimum atomic E-state index is 0.321. The topological polar surface area (TPSA) is 28.2 Å². The minimum absolute atomic E-state index is 0.321. The second-order valence-corrected chi connectivity index (χ2v) is 6.97. The van der Waals surface area contributed by atoms with Gasteiger partial charge >= 0.3 is 0 Å². The van der Waals surface area contributed by atoms with Crippen molar-refractivity contribution in [2.75, 3.05) is 11.9 Å². The molecular formula is C21H27N3S. The number of para-hydroxylation sites is 1. The maximum Gasteiger partial charge on any atom is 0.173 e. The number of likely N-dealkylation sites (tertiary alicyclic amines) is 1. The van der Waals surface area contributed by atoms with E-state index >= 15 is 0 Å². The number of rotatable bonds is 4. The molecule has 1 N–H and O–H groups in total. The molecule has 2 heterocycles. The van der Waals surface area contributed by atoms with Crippen molar-refractivity contribution in [3.05, 3.63) is 59.4 Å². The van der Waals surface area contributed by atoms with E-state index in [4.69, 9.17) is 12.2 Å². The first-order chi connectivity index (χ1) is 12.2. The van der Waals surface area contributed by atoms with Crippen molar-refractivity contribution in [1.29, 1.82) is 0 Å². The molecule has 1 aliphatic rings. The Morgan fingerprint density at radius 1 is 1.16 bits per heavy atom. The van der Waals surface area contributed by atoms with Gasteiger partial charge in [-0.2, -0.15) is 0 Å². The van der Waals surface area contributed by atoms with Crippen LogP contribution in [0.5, 0.6) is 0 Å². The van der Waals surface area contributed by atoms with E-state index in [0.717, 1.165) is 30.9 Å². The molecular weight excluding hydrogens is 326 g/mol. The number of hydrogen-bond acceptors (Lipinski definition) is 2. The third-order valence-corrected chi connectivity index (χ3v) is 5.40. The van der Waals surface area contributed by atoms with Gasteiger partial charge in [0.05, 0.1) is 6.04 Å². The van der Waals surface area contributed by atoms with Crippen molar-refractivity contribution in [2.45, 2.75) is 52.0 Å². The third kappa shape index (κ3) is 4.01. The molecule has 1 unspecified atom stereocenters. The van der Waals surface area contributed by atoms with Crippen LogP contribution in [0.1, 0.15) is 55.8 Å². The zero-order chi connectivity index (χ0) is 17.6. The van der Waals surface area contributed by atoms with Crippen molar-refractivity contribution in [3.8, 4) is 0 Å². The van der Waals surface area contributed by atoms with Crippen LogP contribution in [0.4, 0.5) is 5.69 Å². The second kappa shape index (κ2) is 8.43. The Morgan fingerprint density at radius 3 is 2.56 bits per heavy atom. The SMILES string of the molecule is CCc1cccc(CC)c1NC(=S)N1CCCCC1c1cccnc1. The van der Waals surface area contributed by atoms with Crippen molar-refractivity contribution in [1.82, 2.24) is 9.88 Å². The zero-order valence-electron chi connectivity index (χ0n) is 15.2. The van der Waals surface area contributed by atoms with Gasteiger partial charge in [-0.15, -0.1) is 0 Å². The fourth-order valence-corrected chi connectivity index (χ4v) is 4.00. The van der Waals surface area contributed by atoms with E-state index in [9.17, 15) is 0 Å². The lowest BCUT2D eigenvalue weighted by molar-refractivity contribution is 0.248. The van der Waals surface area contributed by atoms with Gasteiger partial charge in [0.15, 0.2) is 5.11 Å². The Labute approximate surface area is 156 Å². The molecule has 1 fully saturated rings. The number of pyridine rings is 1. The van der Waals surface area contributed by atoms with E-state index in [2.05, 4.69) is 53.3 Å². The quantitative estimate of drug-likeness (QED) is 0.771. The summed E-state index contributed by atoms with van der Waals surface area (Å²) in [6.07, 6.45) is 9.37. The van der Waals surface area contributed by atoms with E-state index in [-0.39, 0.29) is 0 Å². The van der Waals surface area contributed by atoms with E-state index in [1.54, 1.807) is 0 Å². The lowest BCUT2D eigenvalue weighted by Crippen LogP contribution is -2.41. The summed E-state index contributed by atoms with van der Waals surface area (Å²) in [6.45, 7) is 5.39. The Kier molecular flexibility index (Phi) is 6.03. The van der Waals surface area contributed by atoms with Crippen molar-refractivity contribution in [2.24, 2.45) is 0 Å². The van der Waals surface area contributed by atoms with Gasteiger partial charge in [-0.25, -0.2) is 0 Å². The molecule has 0 amide bonds. The van der Waals surface area contributed by atoms with Gasteiger partial charge < -0.3 is 10.2 Å². The molecule has 4 heteroatoms. The first-order valence-corrected chi connectivity index (χ1v) is 9.73. The molecule has 0 bridgehead atoms. The van der Waals surface area contributed by atoms with E-state index in [1.807, 2.05) is 18.5 Å². The largest absolute Gasteiger partial charge is 0.342 e. The normalized spacial score (nSPS) is 17.4. The Bertz CT molecular complexity index is 692. The van der Waals surface area contributed by atoms with Gasteiger partial charge in [0.1, 0.15) is 0 Å². The van der Waals surface area contributed by atoms with Crippen molar-refractivity contribution < 1.29 is 0 Å². The summed E-state index contributed by atoms with van der Waals surface area (Å²) in [5, 5.41) is 4.42. The molecule has 3 rings (SSSR count). The molecule has 3 nitrogen and oxygen atoms in total. The van der Waals surface area contributed by atoms with Crippen molar-refractivity contribution >= 4 is 23.0 Å². The van der Waals surface area contributed by atoms with Crippen LogP contribution >= 0.6 is 12.2 Å². The third-order valence-electron chi connectivity index (χ3n) is 5.06. The highest BCUT2D eigenvalue weighted by Crippen LogP contribution is 2.32. The minimum Gasteiger partial charge on any atom is -0.342 e. The van der Waals surface area contributed by atoms with Crippen LogP contribution in [0.25, 0.3) is 0 Å². The molecule has 0 radical (unpaired) electrons. The number of piperidine rings is 1. The Hall–Kier alpha value is -1.94. The lowest BCUT2D eigenvalue weighted by atomic mass is 9.97. The fraction of sp³-hybridized carbons (Fsp3) is 0.429. The molecule has 0 aliphatic carbocycles. The summed E-state index contributed by atoms with van der Waals surface area (Å²) in [5.74, 6) is 0. The number of anilines is 1. The maximum absolute atomic E-state index is 5.84. The molecule has 1 saturated heterocycles. The Morgan fingerprint density at radius 2 is 1.92 bits per heavy atom. The van der Waals surface area contributed by atoms with Crippen LogP contribution in [-0.4, -0.2) is 21.5 Å². The summed E-state index contributed by atoms with van der Waals surface area (Å²) in [5.41, 5.74) is 5.12. The van der Waals surface area contributed by atoms with Gasteiger partial charge in [0.25, 0.3) is 0 Å². The van der Waals surface area contributed by atoms with Crippen LogP contribution in [0, 0.1) is 0 Å². The van der Waals surface area contributed by atoms with Gasteiger partial charge in [-0.05, 0) is 67.1 Å². The van der Waals surface area contributed by atoms with Gasteiger partial charge in [0.2, 0.25) is 0 Å². The van der Waals surface area contributed by atoms with Crippen LogP contribution in [-0.2, 0) is 12.8 Å². The Balaban J connectivity index is 1.85. The zero-order valence-corrected chi connectivity index (χ0v) is 16.0. The fourth-order valence-electron chi connectivity index (χ4n) is 3.68. The van der Waals surface area contributed by atoms with Gasteiger partial charge in [-0.3, -0.25) is 4.98 Å². The molecule has 1 aromatic heterocycles. The summed E-state index contributed by atoms with van der Waals surface area (Å²) in [4.78, 5) is 6.65. The first kappa shape index (κ1) is 17.9. The van der Waals surface area contributed by atoms with Crippen LogP contribution in [0.15, 0.2) is 42.7 Å². The average Bonchev–Trinajstić information content (AvgIpc) is 2.68. The average molecular weight is 354 g/mol. The smallest absolute Gasteiger partial charge is 0.173 e. The molecule has 1 aromatic carbocycles. The number of aryl methyl sites for hydroxylation is 2. The summed E-state index contributed by atoms with van der Waals surface area (Å²) in [6, 6.07) is 11.0. The van der Waals surface area contributed by atoms with E-state index < -0.39 is 0 Å². The number of aromatic nitrogens is 1. The van der Waals surface area contributed by atoms with Crippen LogP contribution in [0.3, 0.4) is 0 Å². The van der Waals surface area contributed by atoms with Gasteiger partial charge in [-0.1, -0.05) is 38.1 Å². The molecule has 0 saturated carbocycles. The van der Waals surface area contributed by atoms with E-state index in [1.165, 1.54) is 35.2 Å². The number of benzene rings is 1. The highest BCUT2D eigenvalue weighted by molar-refractivity contribution is 7.80. The van der Waals surface area contributed by atoms with Crippen LogP contribution < -0.4 is 5.32 Å². The molecule has 2 aromatic rings. The number of nitrogens with one attached hydrogen (secondary N) is 1. The standard InChI is InChI=1S/C21H27N3S/c1-3-16-9-7-10-17(4-2)20(16)23-21(25)24-14-6-5-12-19(24)18-11-8-13-22-15-18/h7-11,13,15,19H,3-6,12,14H2,1-2H3,(H,23,25). The maximum atomic E-state index is 5.84. The highest BCUT2D eigenvalue weighted by Gasteiger charge is 2.26. The summed E-state index contributed by atoms with van der Waals surface area (Å²) in [7, 11) is 0. The van der Waals surface area contributed by atoms with Gasteiger partial charge in [0, 0.05) is 24.6 Å². The highest BCUT2D eigenvalue weighted by atomic mass is 32.1. The monoisotopic (exact) mass is 353 g/mol. The molecule has 132 valence electrons. The van der Waals surface area contributed by atoms with Crippen molar-refractivity contribution in [3.63, 3.8) is 0 Å². The molecule has 25 heavy (non-hydrogen) atoms. The molecule has 1 aliphatic heterocycles. The second-order valence-electron chi connectivity index (χ2n) is 6.58. The number of thiocarbonyl (C=S) groups is 1. The molecule has 0 spiro atoms. The molecule has 1 atom stereocenters. The van der Waals surface area contributed by atoms with Crippen LogP contribution in [0.2, 0.25) is 0 Å². The lowest BCUT2D eigenvalue weighted by Gasteiger charge is -2.38. The number of nitrogens with zero attached hydrogens (tertiary/aromatic N) is 2. The first-order valence-electron chi connectivity index (χ1n) is 9.32. The summed E-state index contributed by atoms with van der Waals surface area (Å²) < 4.78 is 0. The predicted molar refractivity (Wildman–Crippen MR) is 109 cm³/mol.